The molecule has 3 aliphatic rings. The van der Waals surface area contributed by atoms with E-state index in [1.54, 1.807) is 61.2 Å². The van der Waals surface area contributed by atoms with Crippen LogP contribution in [0.3, 0.4) is 0 Å². The topological polar surface area (TPSA) is 150 Å². The number of rotatable bonds is 12. The number of carbonyl (C=O) groups is 4. The molecule has 3 aromatic carbocycles. The van der Waals surface area contributed by atoms with Gasteiger partial charge in [0.25, 0.3) is 11.8 Å². The van der Waals surface area contributed by atoms with Crippen molar-refractivity contribution in [1.29, 1.82) is 5.26 Å². The highest BCUT2D eigenvalue weighted by Crippen LogP contribution is 2.40. The summed E-state index contributed by atoms with van der Waals surface area (Å²) in [7, 11) is 0. The van der Waals surface area contributed by atoms with Crippen LogP contribution in [-0.4, -0.2) is 89.5 Å². The maximum Gasteiger partial charge on any atom is 0.417 e. The first-order valence-corrected chi connectivity index (χ1v) is 19.2. The van der Waals surface area contributed by atoms with Crippen LogP contribution in [0, 0.1) is 11.3 Å². The third-order valence-corrected chi connectivity index (χ3v) is 10.8. The third-order valence-electron chi connectivity index (χ3n) is 10.4. The largest absolute Gasteiger partial charge is 0.492 e. The highest BCUT2D eigenvalue weighted by molar-refractivity contribution is 7.81. The van der Waals surface area contributed by atoms with E-state index < -0.39 is 34.8 Å². The van der Waals surface area contributed by atoms with Crippen LogP contribution in [0.1, 0.15) is 50.3 Å². The molecule has 17 heteroatoms. The summed E-state index contributed by atoms with van der Waals surface area (Å²) in [6, 6.07) is 16.5. The van der Waals surface area contributed by atoms with E-state index in [0.717, 1.165) is 22.6 Å². The Hall–Kier alpha value is -5.99. The lowest BCUT2D eigenvalue weighted by Gasteiger charge is -2.36. The van der Waals surface area contributed by atoms with E-state index in [4.69, 9.17) is 17.0 Å². The minimum absolute atomic E-state index is 0.0106. The van der Waals surface area contributed by atoms with Crippen LogP contribution in [0.4, 0.5) is 35.9 Å². The van der Waals surface area contributed by atoms with E-state index in [-0.39, 0.29) is 34.9 Å². The Labute approximate surface area is 339 Å². The fourth-order valence-corrected chi connectivity index (χ4v) is 7.70. The Morgan fingerprint density at radius 3 is 2.41 bits per heavy atom. The van der Waals surface area contributed by atoms with Gasteiger partial charge in [-0.25, -0.2) is 0 Å². The van der Waals surface area contributed by atoms with Crippen molar-refractivity contribution in [3.8, 4) is 11.8 Å². The summed E-state index contributed by atoms with van der Waals surface area (Å²) < 4.78 is 47.5. The molecule has 1 atom stereocenters. The molecule has 3 fully saturated rings. The monoisotopic (exact) mass is 816 g/mol. The molecule has 3 aromatic rings. The van der Waals surface area contributed by atoms with Crippen LogP contribution < -0.4 is 30.5 Å². The smallest absolute Gasteiger partial charge is 0.417 e. The summed E-state index contributed by atoms with van der Waals surface area (Å²) in [6.45, 7) is 12.8. The number of nitrogens with one attached hydrogen (secondary N) is 3. The van der Waals surface area contributed by atoms with Gasteiger partial charge in [0.2, 0.25) is 11.8 Å². The van der Waals surface area contributed by atoms with Gasteiger partial charge in [0.1, 0.15) is 23.9 Å². The number of ether oxygens (including phenoxy) is 1. The first-order chi connectivity index (χ1) is 27.5. The summed E-state index contributed by atoms with van der Waals surface area (Å²) in [6.07, 6.45) is -3.57. The number of carbonyl (C=O) groups excluding carboxylic acids is 4. The second-order valence-corrected chi connectivity index (χ2v) is 15.0. The Morgan fingerprint density at radius 2 is 1.74 bits per heavy atom. The number of aryl methyl sites for hydroxylation is 1. The maximum atomic E-state index is 13.8. The highest BCUT2D eigenvalue weighted by Gasteiger charge is 2.51. The summed E-state index contributed by atoms with van der Waals surface area (Å²) >= 11 is 5.70. The van der Waals surface area contributed by atoms with Gasteiger partial charge >= 0.3 is 6.18 Å². The van der Waals surface area contributed by atoms with E-state index in [1.807, 2.05) is 17.9 Å². The molecular formula is C41H43F3N8O5S. The summed E-state index contributed by atoms with van der Waals surface area (Å²) in [4.78, 5) is 57.2. The van der Waals surface area contributed by atoms with Crippen molar-refractivity contribution < 1.29 is 37.1 Å². The molecule has 0 aromatic heterocycles. The number of thiocarbonyl (C=S) groups is 1. The number of halogens is 3. The molecule has 58 heavy (non-hydrogen) atoms. The predicted molar refractivity (Wildman–Crippen MR) is 216 cm³/mol. The van der Waals surface area contributed by atoms with Crippen LogP contribution >= 0.6 is 12.2 Å². The molecule has 0 saturated carbocycles. The lowest BCUT2D eigenvalue weighted by molar-refractivity contribution is -0.138. The van der Waals surface area contributed by atoms with Crippen molar-refractivity contribution >= 4 is 63.7 Å². The van der Waals surface area contributed by atoms with Crippen molar-refractivity contribution in [3.63, 3.8) is 0 Å². The normalized spacial score (nSPS) is 18.5. The Bertz CT molecular complexity index is 2200. The quantitative estimate of drug-likeness (QED) is 0.122. The molecule has 4 amide bonds. The van der Waals surface area contributed by atoms with Crippen molar-refractivity contribution in [1.82, 2.24) is 15.1 Å². The van der Waals surface area contributed by atoms with Crippen molar-refractivity contribution in [2.45, 2.75) is 57.8 Å². The van der Waals surface area contributed by atoms with E-state index >= 15 is 0 Å². The number of piperidine rings is 1. The number of alkyl halides is 3. The molecule has 3 heterocycles. The molecule has 0 unspecified atom stereocenters. The summed E-state index contributed by atoms with van der Waals surface area (Å²) in [5.74, 6) is -0.877. The molecule has 3 aliphatic heterocycles. The third kappa shape index (κ3) is 8.77. The lowest BCUT2D eigenvalue weighted by Crippen LogP contribution is -2.48. The molecule has 3 saturated heterocycles. The number of nitrogens with zero attached hydrogens (tertiary/aromatic N) is 5. The van der Waals surface area contributed by atoms with Gasteiger partial charge in [-0.05, 0) is 99.1 Å². The Morgan fingerprint density at radius 1 is 1.03 bits per heavy atom. The second-order valence-electron chi connectivity index (χ2n) is 14.6. The van der Waals surface area contributed by atoms with E-state index in [9.17, 15) is 37.6 Å². The zero-order chi connectivity index (χ0) is 41.9. The van der Waals surface area contributed by atoms with Gasteiger partial charge in [0, 0.05) is 56.2 Å². The van der Waals surface area contributed by atoms with E-state index in [1.165, 1.54) is 6.07 Å². The average molecular weight is 817 g/mol. The van der Waals surface area contributed by atoms with Crippen LogP contribution in [-0.2, 0) is 31.8 Å². The standard InChI is InChI=1S/C41H43F3N8O5S/c1-5-26-21-31(52-39(58)51(38(56)40(52,3)4)30-10-9-27(24-45)32(23-30)41(42,43)44)11-13-34(26)57-20-19-49-15-17-50(18-16-49)25(2)36(54)47-29-8-6-7-28(22-29)46-33-12-14-35(53)48-37(33)55/h6-11,13,21-23,33,46H,2,5,12,14-20H2,1,3-4H3,(H,47,54)(H,48,53,55)/t33-/m0/s1. The number of nitriles is 1. The number of imide groups is 1. The summed E-state index contributed by atoms with van der Waals surface area (Å²) in [5.41, 5.74) is -0.0735. The van der Waals surface area contributed by atoms with Crippen molar-refractivity contribution in [3.05, 3.63) is 89.6 Å². The lowest BCUT2D eigenvalue weighted by atomic mass is 10.0. The highest BCUT2D eigenvalue weighted by atomic mass is 32.1. The van der Waals surface area contributed by atoms with Crippen LogP contribution in [0.2, 0.25) is 0 Å². The molecule has 0 spiro atoms. The van der Waals surface area contributed by atoms with Crippen LogP contribution in [0.5, 0.6) is 5.75 Å². The van der Waals surface area contributed by atoms with Crippen molar-refractivity contribution in [2.24, 2.45) is 0 Å². The average Bonchev–Trinajstić information content (AvgIpc) is 3.37. The zero-order valence-corrected chi connectivity index (χ0v) is 33.1. The Balaban J connectivity index is 1.01. The first-order valence-electron chi connectivity index (χ1n) is 18.8. The predicted octanol–water partition coefficient (Wildman–Crippen LogP) is 5.42. The van der Waals surface area contributed by atoms with Gasteiger partial charge in [-0.3, -0.25) is 34.3 Å². The van der Waals surface area contributed by atoms with Crippen LogP contribution in [0.15, 0.2) is 72.9 Å². The molecule has 0 aliphatic carbocycles. The van der Waals surface area contributed by atoms with E-state index in [2.05, 4.69) is 27.4 Å². The number of anilines is 4. The van der Waals surface area contributed by atoms with Gasteiger partial charge in [-0.15, -0.1) is 0 Å². The van der Waals surface area contributed by atoms with Gasteiger partial charge in [0.05, 0.1) is 28.6 Å². The molecule has 6 rings (SSSR count). The van der Waals surface area contributed by atoms with Gasteiger partial charge in [-0.1, -0.05) is 19.6 Å². The van der Waals surface area contributed by atoms with Gasteiger partial charge in [-0.2, -0.15) is 18.4 Å². The minimum atomic E-state index is -4.80. The molecule has 0 radical (unpaired) electrons. The molecule has 304 valence electrons. The fourth-order valence-electron chi connectivity index (χ4n) is 7.17. The number of hydrogen-bond donors (Lipinski definition) is 3. The SMILES string of the molecule is C=C(C(=O)Nc1cccc(N[C@H]2CCC(=O)NC2=O)c1)N1CCN(CCOc2ccc(N3C(=S)N(c4ccc(C#N)c(C(F)(F)F)c4)C(=O)C3(C)C)cc2CC)CC1. The minimum Gasteiger partial charge on any atom is -0.492 e. The zero-order valence-electron chi connectivity index (χ0n) is 32.2. The number of benzene rings is 3. The van der Waals surface area contributed by atoms with Crippen LogP contribution in [0.25, 0.3) is 0 Å². The summed E-state index contributed by atoms with van der Waals surface area (Å²) in [5, 5.41) is 17.5. The Kier molecular flexibility index (Phi) is 12.1. The molecular weight excluding hydrogens is 774 g/mol. The number of piperazine rings is 1. The maximum absolute atomic E-state index is 13.8. The van der Waals surface area contributed by atoms with Gasteiger partial charge < -0.3 is 25.2 Å². The molecule has 3 N–H and O–H groups in total. The number of hydrogen-bond acceptors (Lipinski definition) is 10. The van der Waals surface area contributed by atoms with Crippen molar-refractivity contribution in [2.75, 3.05) is 59.8 Å². The first kappa shape index (κ1) is 41.6. The second kappa shape index (κ2) is 16.9. The molecule has 0 bridgehead atoms. The van der Waals surface area contributed by atoms with E-state index in [0.29, 0.717) is 80.7 Å². The fraction of sp³-hybridized carbons (Fsp3) is 0.366. The number of amides is 4. The molecule has 13 nitrogen and oxygen atoms in total. The van der Waals surface area contributed by atoms with Gasteiger partial charge in [0.15, 0.2) is 5.11 Å².